The van der Waals surface area contributed by atoms with Crippen LogP contribution < -0.4 is 5.32 Å². The van der Waals surface area contributed by atoms with Gasteiger partial charge in [-0.2, -0.15) is 0 Å². The Labute approximate surface area is 152 Å². The van der Waals surface area contributed by atoms with Crippen molar-refractivity contribution in [1.82, 2.24) is 10.2 Å². The second-order valence-corrected chi connectivity index (χ2v) is 7.29. The zero-order valence-corrected chi connectivity index (χ0v) is 15.7. The van der Waals surface area contributed by atoms with Crippen molar-refractivity contribution in [3.63, 3.8) is 0 Å². The smallest absolute Gasteiger partial charge is 0.264 e. The molecule has 1 aliphatic heterocycles. The number of nitrogens with one attached hydrogen (secondary N) is 1. The van der Waals surface area contributed by atoms with Gasteiger partial charge in [0.05, 0.1) is 4.88 Å². The number of hydrogen-bond acceptors (Lipinski definition) is 3. The molecule has 1 saturated heterocycles. The molecule has 0 atom stereocenters. The lowest BCUT2D eigenvalue weighted by Gasteiger charge is -2.32. The highest BCUT2D eigenvalue weighted by atomic mass is 35.5. The number of benzene rings is 1. The van der Waals surface area contributed by atoms with Gasteiger partial charge in [-0.25, -0.2) is 4.39 Å². The maximum Gasteiger partial charge on any atom is 0.264 e. The van der Waals surface area contributed by atoms with E-state index in [1.54, 1.807) is 6.07 Å². The van der Waals surface area contributed by atoms with Crippen LogP contribution in [-0.2, 0) is 0 Å². The number of likely N-dealkylation sites (tertiary alicyclic amines) is 1. The summed E-state index contributed by atoms with van der Waals surface area (Å²) in [5, 5.41) is 4.25. The van der Waals surface area contributed by atoms with Gasteiger partial charge in [0.1, 0.15) is 5.82 Å². The minimum atomic E-state index is -0.248. The molecule has 1 aromatic heterocycles. The highest BCUT2D eigenvalue weighted by Gasteiger charge is 2.26. The summed E-state index contributed by atoms with van der Waals surface area (Å²) >= 11 is 1.48. The van der Waals surface area contributed by atoms with E-state index in [2.05, 4.69) is 12.2 Å². The summed E-state index contributed by atoms with van der Waals surface area (Å²) in [6, 6.07) is 4.75. The standard InChI is InChI=1S/C18H23FN2OS.ClH/c1-3-20-11-13-6-8-21(9-7-13)18(22)17-12(2)15-10-14(19)4-5-16(15)23-17;/h4-5,10,13,20H,3,6-9,11H2,1-2H3;1H. The third-order valence-corrected chi connectivity index (χ3v) is 5.94. The molecule has 132 valence electrons. The van der Waals surface area contributed by atoms with Crippen molar-refractivity contribution in [2.75, 3.05) is 26.2 Å². The van der Waals surface area contributed by atoms with Gasteiger partial charge in [0.15, 0.2) is 0 Å². The van der Waals surface area contributed by atoms with Crippen LogP contribution in [0.25, 0.3) is 10.1 Å². The van der Waals surface area contributed by atoms with Gasteiger partial charge < -0.3 is 10.2 Å². The predicted molar refractivity (Wildman–Crippen MR) is 101 cm³/mol. The fourth-order valence-electron chi connectivity index (χ4n) is 3.23. The highest BCUT2D eigenvalue weighted by molar-refractivity contribution is 7.21. The molecule has 0 saturated carbocycles. The monoisotopic (exact) mass is 370 g/mol. The lowest BCUT2D eigenvalue weighted by atomic mass is 9.96. The normalized spacial score (nSPS) is 15.5. The average Bonchev–Trinajstić information content (AvgIpc) is 2.89. The molecule has 1 aromatic carbocycles. The van der Waals surface area contributed by atoms with Gasteiger partial charge in [-0.15, -0.1) is 23.7 Å². The van der Waals surface area contributed by atoms with Crippen molar-refractivity contribution in [3.8, 4) is 0 Å². The molecule has 1 aliphatic rings. The van der Waals surface area contributed by atoms with E-state index in [1.165, 1.54) is 23.5 Å². The number of piperidine rings is 1. The summed E-state index contributed by atoms with van der Waals surface area (Å²) in [6.07, 6.45) is 2.11. The van der Waals surface area contributed by atoms with Crippen molar-refractivity contribution in [2.24, 2.45) is 5.92 Å². The van der Waals surface area contributed by atoms with Crippen LogP contribution in [0.4, 0.5) is 4.39 Å². The van der Waals surface area contributed by atoms with Crippen LogP contribution in [0.5, 0.6) is 0 Å². The second kappa shape index (κ2) is 8.28. The summed E-state index contributed by atoms with van der Waals surface area (Å²) in [5.74, 6) is 0.518. The first kappa shape index (κ1) is 19.2. The summed E-state index contributed by atoms with van der Waals surface area (Å²) < 4.78 is 14.4. The maximum absolute atomic E-state index is 13.4. The molecule has 0 bridgehead atoms. The molecular weight excluding hydrogens is 347 g/mol. The minimum Gasteiger partial charge on any atom is -0.338 e. The molecule has 1 amide bonds. The second-order valence-electron chi connectivity index (χ2n) is 6.24. The number of halogens is 2. The molecule has 0 spiro atoms. The van der Waals surface area contributed by atoms with E-state index in [0.717, 1.165) is 59.5 Å². The molecule has 3 rings (SSSR count). The Morgan fingerprint density at radius 1 is 1.38 bits per heavy atom. The Balaban J connectivity index is 0.00000208. The van der Waals surface area contributed by atoms with Crippen molar-refractivity contribution in [3.05, 3.63) is 34.5 Å². The van der Waals surface area contributed by atoms with Gasteiger partial charge in [-0.3, -0.25) is 4.79 Å². The molecule has 1 N–H and O–H groups in total. The van der Waals surface area contributed by atoms with Crippen LogP contribution in [0.1, 0.15) is 35.0 Å². The van der Waals surface area contributed by atoms with Gasteiger partial charge >= 0.3 is 0 Å². The van der Waals surface area contributed by atoms with Crippen LogP contribution in [0.3, 0.4) is 0 Å². The summed E-state index contributed by atoms with van der Waals surface area (Å²) in [5.41, 5.74) is 0.907. The van der Waals surface area contributed by atoms with Crippen molar-refractivity contribution in [1.29, 1.82) is 0 Å². The maximum atomic E-state index is 13.4. The number of carbonyl (C=O) groups excluding carboxylic acids is 1. The Morgan fingerprint density at radius 2 is 2.08 bits per heavy atom. The van der Waals surface area contributed by atoms with Crippen LogP contribution in [-0.4, -0.2) is 37.0 Å². The molecule has 2 aromatic rings. The quantitative estimate of drug-likeness (QED) is 0.873. The summed E-state index contributed by atoms with van der Waals surface area (Å²) in [4.78, 5) is 15.5. The Morgan fingerprint density at radius 3 is 2.75 bits per heavy atom. The fraction of sp³-hybridized carbons (Fsp3) is 0.500. The van der Waals surface area contributed by atoms with Crippen molar-refractivity contribution in [2.45, 2.75) is 26.7 Å². The minimum absolute atomic E-state index is 0. The van der Waals surface area contributed by atoms with Gasteiger partial charge in [0, 0.05) is 17.8 Å². The number of hydrogen-bond donors (Lipinski definition) is 1. The molecule has 1 fully saturated rings. The van der Waals surface area contributed by atoms with Crippen LogP contribution in [0.15, 0.2) is 18.2 Å². The predicted octanol–water partition coefficient (Wildman–Crippen LogP) is 4.23. The molecular formula is C18H24ClFN2OS. The lowest BCUT2D eigenvalue weighted by molar-refractivity contribution is 0.0694. The lowest BCUT2D eigenvalue weighted by Crippen LogP contribution is -2.40. The first-order chi connectivity index (χ1) is 11.1. The fourth-order valence-corrected chi connectivity index (χ4v) is 4.39. The van der Waals surface area contributed by atoms with E-state index in [-0.39, 0.29) is 24.1 Å². The van der Waals surface area contributed by atoms with Crippen molar-refractivity contribution < 1.29 is 9.18 Å². The molecule has 6 heteroatoms. The number of fused-ring (bicyclic) bond motifs is 1. The highest BCUT2D eigenvalue weighted by Crippen LogP contribution is 2.33. The summed E-state index contributed by atoms with van der Waals surface area (Å²) in [7, 11) is 0. The molecule has 0 aliphatic carbocycles. The average molecular weight is 371 g/mol. The number of rotatable bonds is 4. The van der Waals surface area contributed by atoms with Crippen LogP contribution in [0, 0.1) is 18.7 Å². The van der Waals surface area contributed by atoms with Crippen LogP contribution in [0.2, 0.25) is 0 Å². The zero-order valence-electron chi connectivity index (χ0n) is 14.1. The molecule has 0 unspecified atom stereocenters. The number of thiophene rings is 1. The van der Waals surface area contributed by atoms with E-state index in [4.69, 9.17) is 0 Å². The number of carbonyl (C=O) groups is 1. The Hall–Kier alpha value is -1.17. The first-order valence-electron chi connectivity index (χ1n) is 8.28. The van der Waals surface area contributed by atoms with Crippen molar-refractivity contribution >= 4 is 39.7 Å². The zero-order chi connectivity index (χ0) is 16.4. The van der Waals surface area contributed by atoms with Gasteiger partial charge in [0.2, 0.25) is 0 Å². The van der Waals surface area contributed by atoms with Crippen LogP contribution >= 0.6 is 23.7 Å². The van der Waals surface area contributed by atoms with E-state index < -0.39 is 0 Å². The third-order valence-electron chi connectivity index (χ3n) is 4.68. The molecule has 2 heterocycles. The van der Waals surface area contributed by atoms with E-state index in [9.17, 15) is 9.18 Å². The SMILES string of the molecule is CCNCC1CCN(C(=O)c2sc3ccc(F)cc3c2C)CC1.Cl. The topological polar surface area (TPSA) is 32.3 Å². The molecule has 3 nitrogen and oxygen atoms in total. The number of amides is 1. The van der Waals surface area contributed by atoms with Gasteiger partial charge in [-0.1, -0.05) is 6.92 Å². The molecule has 24 heavy (non-hydrogen) atoms. The number of nitrogens with zero attached hydrogens (tertiary/aromatic N) is 1. The Bertz CT molecular complexity index is 710. The van der Waals surface area contributed by atoms with E-state index >= 15 is 0 Å². The Kier molecular flexibility index (Phi) is 6.61. The van der Waals surface area contributed by atoms with E-state index in [0.29, 0.717) is 5.92 Å². The largest absolute Gasteiger partial charge is 0.338 e. The van der Waals surface area contributed by atoms with E-state index in [1.807, 2.05) is 11.8 Å². The molecule has 0 radical (unpaired) electrons. The van der Waals surface area contributed by atoms with Gasteiger partial charge in [-0.05, 0) is 67.9 Å². The third kappa shape index (κ3) is 3.90. The van der Waals surface area contributed by atoms with Gasteiger partial charge in [0.25, 0.3) is 5.91 Å². The first-order valence-corrected chi connectivity index (χ1v) is 9.10. The number of aryl methyl sites for hydroxylation is 1. The summed E-state index contributed by atoms with van der Waals surface area (Å²) in [6.45, 7) is 7.71.